The Morgan fingerprint density at radius 3 is 2.80 bits per heavy atom. The number of hydrogen-bond donors (Lipinski definition) is 1. The highest BCUT2D eigenvalue weighted by Gasteiger charge is 2.36. The number of methoxy groups -OCH3 is 1. The average molecular weight is 303 g/mol. The minimum absolute atomic E-state index is 0.167. The lowest BCUT2D eigenvalue weighted by Gasteiger charge is -2.05. The average Bonchev–Trinajstić information content (AvgIpc) is 2.88. The molecule has 0 saturated carbocycles. The maximum absolute atomic E-state index is 12.3. The van der Waals surface area contributed by atoms with E-state index < -0.39 is 12.0 Å². The van der Waals surface area contributed by atoms with Crippen LogP contribution in [0.4, 0.5) is 18.3 Å². The Labute approximate surface area is 117 Å². The van der Waals surface area contributed by atoms with Crippen molar-refractivity contribution in [2.75, 3.05) is 19.0 Å². The van der Waals surface area contributed by atoms with Crippen LogP contribution in [0.1, 0.15) is 11.4 Å². The van der Waals surface area contributed by atoms with Gasteiger partial charge < -0.3 is 10.1 Å². The monoisotopic (exact) mass is 303 g/mol. The van der Waals surface area contributed by atoms with E-state index in [-0.39, 0.29) is 5.13 Å². The Balaban J connectivity index is 1.88. The van der Waals surface area contributed by atoms with Gasteiger partial charge in [-0.1, -0.05) is 12.1 Å². The minimum atomic E-state index is -4.50. The van der Waals surface area contributed by atoms with E-state index in [0.717, 1.165) is 11.3 Å². The van der Waals surface area contributed by atoms with Crippen molar-refractivity contribution in [3.8, 4) is 5.75 Å². The third kappa shape index (κ3) is 3.83. The molecule has 0 spiro atoms. The molecular weight excluding hydrogens is 291 g/mol. The van der Waals surface area contributed by atoms with E-state index in [1.807, 2.05) is 24.3 Å². The van der Waals surface area contributed by atoms with Crippen LogP contribution in [-0.2, 0) is 12.6 Å². The van der Waals surface area contributed by atoms with Gasteiger partial charge >= 0.3 is 6.18 Å². The molecular formula is C12H12F3N3OS. The molecule has 0 radical (unpaired) electrons. The molecule has 0 saturated heterocycles. The summed E-state index contributed by atoms with van der Waals surface area (Å²) in [7, 11) is 1.58. The maximum atomic E-state index is 12.3. The van der Waals surface area contributed by atoms with Crippen LogP contribution < -0.4 is 10.1 Å². The predicted octanol–water partition coefficient (Wildman–Crippen LogP) is 3.22. The molecule has 1 aromatic carbocycles. The number of nitrogens with zero attached hydrogens (tertiary/aromatic N) is 2. The number of rotatable bonds is 5. The van der Waals surface area contributed by atoms with Gasteiger partial charge in [0.25, 0.3) is 0 Å². The molecule has 1 aromatic heterocycles. The first-order valence-electron chi connectivity index (χ1n) is 5.77. The lowest BCUT2D eigenvalue weighted by Crippen LogP contribution is -2.08. The van der Waals surface area contributed by atoms with Gasteiger partial charge in [-0.25, -0.2) is 0 Å². The van der Waals surface area contributed by atoms with Crippen molar-refractivity contribution in [1.82, 2.24) is 9.36 Å². The summed E-state index contributed by atoms with van der Waals surface area (Å²) in [5.41, 5.74) is 1.03. The van der Waals surface area contributed by atoms with Gasteiger partial charge in [0.2, 0.25) is 11.0 Å². The number of alkyl halides is 3. The van der Waals surface area contributed by atoms with Crippen LogP contribution in [0.15, 0.2) is 24.3 Å². The predicted molar refractivity (Wildman–Crippen MR) is 70.1 cm³/mol. The second-order valence-corrected chi connectivity index (χ2v) is 4.70. The van der Waals surface area contributed by atoms with Gasteiger partial charge in [-0.05, 0) is 24.1 Å². The van der Waals surface area contributed by atoms with Gasteiger partial charge in [-0.2, -0.15) is 22.5 Å². The molecule has 0 aliphatic carbocycles. The van der Waals surface area contributed by atoms with Gasteiger partial charge in [0, 0.05) is 18.1 Å². The highest BCUT2D eigenvalue weighted by atomic mass is 32.1. The highest BCUT2D eigenvalue weighted by molar-refractivity contribution is 7.09. The Morgan fingerprint density at radius 1 is 1.35 bits per heavy atom. The Bertz CT molecular complexity index is 571. The minimum Gasteiger partial charge on any atom is -0.497 e. The smallest absolute Gasteiger partial charge is 0.452 e. The van der Waals surface area contributed by atoms with Crippen LogP contribution in [0, 0.1) is 0 Å². The number of hydrogen-bond acceptors (Lipinski definition) is 5. The van der Waals surface area contributed by atoms with Gasteiger partial charge in [-0.15, -0.1) is 0 Å². The second kappa shape index (κ2) is 6.08. The number of nitrogens with one attached hydrogen (secondary N) is 1. The number of aromatic nitrogens is 2. The van der Waals surface area contributed by atoms with E-state index in [1.54, 1.807) is 7.11 Å². The number of ether oxygens (including phenoxy) is 1. The summed E-state index contributed by atoms with van der Waals surface area (Å²) >= 11 is 0.702. The first-order chi connectivity index (χ1) is 9.49. The molecule has 8 heteroatoms. The molecule has 2 aromatic rings. The van der Waals surface area contributed by atoms with Gasteiger partial charge in [0.1, 0.15) is 5.75 Å². The molecule has 0 unspecified atom stereocenters. The molecule has 20 heavy (non-hydrogen) atoms. The zero-order valence-electron chi connectivity index (χ0n) is 10.6. The van der Waals surface area contributed by atoms with Crippen molar-refractivity contribution in [2.24, 2.45) is 0 Å². The summed E-state index contributed by atoms with van der Waals surface area (Å²) in [5, 5.41) is 2.99. The fraction of sp³-hybridized carbons (Fsp3) is 0.333. The van der Waals surface area contributed by atoms with E-state index in [4.69, 9.17) is 4.74 Å². The largest absolute Gasteiger partial charge is 0.497 e. The Hall–Kier alpha value is -1.83. The molecule has 4 nitrogen and oxygen atoms in total. The summed E-state index contributed by atoms with van der Waals surface area (Å²) in [6.45, 7) is 0.472. The summed E-state index contributed by atoms with van der Waals surface area (Å²) in [6.07, 6.45) is -3.85. The Morgan fingerprint density at radius 2 is 2.15 bits per heavy atom. The first-order valence-corrected chi connectivity index (χ1v) is 6.54. The van der Waals surface area contributed by atoms with Crippen LogP contribution in [0.3, 0.4) is 0 Å². The first kappa shape index (κ1) is 14.6. The fourth-order valence-corrected chi connectivity index (χ4v) is 2.16. The molecule has 1 N–H and O–H groups in total. The highest BCUT2D eigenvalue weighted by Crippen LogP contribution is 2.28. The molecule has 0 atom stereocenters. The third-order valence-electron chi connectivity index (χ3n) is 2.50. The van der Waals surface area contributed by atoms with Gasteiger partial charge in [-0.3, -0.25) is 0 Å². The summed E-state index contributed by atoms with van der Waals surface area (Å²) in [5.74, 6) is -0.357. The van der Waals surface area contributed by atoms with Gasteiger partial charge in [0.05, 0.1) is 7.11 Å². The maximum Gasteiger partial charge on any atom is 0.452 e. The van der Waals surface area contributed by atoms with Crippen molar-refractivity contribution in [1.29, 1.82) is 0 Å². The van der Waals surface area contributed by atoms with Crippen molar-refractivity contribution >= 4 is 16.7 Å². The number of anilines is 1. The normalized spacial score (nSPS) is 11.4. The van der Waals surface area contributed by atoms with E-state index in [2.05, 4.69) is 14.7 Å². The molecule has 0 aliphatic heterocycles. The lowest BCUT2D eigenvalue weighted by atomic mass is 10.1. The molecule has 0 fully saturated rings. The van der Waals surface area contributed by atoms with Crippen LogP contribution in [0.25, 0.3) is 0 Å². The van der Waals surface area contributed by atoms with Crippen LogP contribution in [0.2, 0.25) is 0 Å². The van der Waals surface area contributed by atoms with Crippen LogP contribution >= 0.6 is 11.5 Å². The quantitative estimate of drug-likeness (QED) is 0.921. The summed E-state index contributed by atoms with van der Waals surface area (Å²) < 4.78 is 45.3. The zero-order chi connectivity index (χ0) is 14.6. The van der Waals surface area contributed by atoms with E-state index in [0.29, 0.717) is 24.5 Å². The third-order valence-corrected chi connectivity index (χ3v) is 3.18. The van der Waals surface area contributed by atoms with Gasteiger partial charge in [0.15, 0.2) is 0 Å². The lowest BCUT2D eigenvalue weighted by molar-refractivity contribution is -0.144. The molecule has 1 heterocycles. The zero-order valence-corrected chi connectivity index (χ0v) is 11.4. The van der Waals surface area contributed by atoms with Crippen molar-refractivity contribution < 1.29 is 17.9 Å². The van der Waals surface area contributed by atoms with Crippen molar-refractivity contribution in [2.45, 2.75) is 12.6 Å². The molecule has 0 amide bonds. The molecule has 0 aliphatic rings. The van der Waals surface area contributed by atoms with E-state index in [9.17, 15) is 13.2 Å². The standard InChI is InChI=1S/C12H12F3N3OS/c1-19-9-4-2-3-8(7-9)5-6-16-11-17-10(18-20-11)12(13,14)15/h2-4,7H,5-6H2,1H3,(H,16,17,18). The topological polar surface area (TPSA) is 47.0 Å². The number of halogens is 3. The number of benzene rings is 1. The van der Waals surface area contributed by atoms with E-state index in [1.165, 1.54) is 0 Å². The molecule has 108 valence electrons. The fourth-order valence-electron chi connectivity index (χ4n) is 1.55. The second-order valence-electron chi connectivity index (χ2n) is 3.95. The summed E-state index contributed by atoms with van der Waals surface area (Å²) in [6, 6.07) is 7.49. The Kier molecular flexibility index (Phi) is 4.43. The SMILES string of the molecule is COc1cccc(CCNc2nc(C(F)(F)F)ns2)c1. The summed E-state index contributed by atoms with van der Waals surface area (Å²) in [4.78, 5) is 3.39. The van der Waals surface area contributed by atoms with Crippen molar-refractivity contribution in [3.63, 3.8) is 0 Å². The van der Waals surface area contributed by atoms with Crippen LogP contribution in [-0.4, -0.2) is 23.0 Å². The molecule has 2 rings (SSSR count). The van der Waals surface area contributed by atoms with E-state index >= 15 is 0 Å². The van der Waals surface area contributed by atoms with Crippen molar-refractivity contribution in [3.05, 3.63) is 35.7 Å². The van der Waals surface area contributed by atoms with Crippen LogP contribution in [0.5, 0.6) is 5.75 Å². The molecule has 0 bridgehead atoms.